The normalized spacial score (nSPS) is 16.6. The Bertz CT molecular complexity index is 890. The zero-order chi connectivity index (χ0) is 20.1. The molecule has 0 bridgehead atoms. The molecule has 7 heteroatoms. The van der Waals surface area contributed by atoms with E-state index in [0.29, 0.717) is 31.9 Å². The van der Waals surface area contributed by atoms with Gasteiger partial charge in [0.2, 0.25) is 10.0 Å². The minimum atomic E-state index is -3.39. The van der Waals surface area contributed by atoms with Crippen LogP contribution in [-0.2, 0) is 20.6 Å². The maximum atomic E-state index is 12.6. The van der Waals surface area contributed by atoms with Gasteiger partial charge in [0.25, 0.3) is 5.91 Å². The molecule has 0 radical (unpaired) electrons. The number of carbonyl (C=O) groups excluding carboxylic acids is 1. The van der Waals surface area contributed by atoms with Crippen LogP contribution in [0.4, 0.5) is 0 Å². The highest BCUT2D eigenvalue weighted by Crippen LogP contribution is 2.17. The molecule has 1 fully saturated rings. The highest BCUT2D eigenvalue weighted by atomic mass is 32.2. The lowest BCUT2D eigenvalue weighted by atomic mass is 10.2. The van der Waals surface area contributed by atoms with Gasteiger partial charge in [-0.3, -0.25) is 4.79 Å². The van der Waals surface area contributed by atoms with Crippen molar-refractivity contribution in [3.05, 3.63) is 65.7 Å². The molecule has 1 saturated heterocycles. The Balaban J connectivity index is 1.54. The van der Waals surface area contributed by atoms with Crippen LogP contribution >= 0.6 is 0 Å². The van der Waals surface area contributed by atoms with Crippen molar-refractivity contribution in [1.82, 2.24) is 9.21 Å². The van der Waals surface area contributed by atoms with Crippen LogP contribution in [0, 0.1) is 6.92 Å². The number of rotatable bonds is 6. The third-order valence-electron chi connectivity index (χ3n) is 4.82. The lowest BCUT2D eigenvalue weighted by Gasteiger charge is -2.35. The SMILES string of the molecule is Cc1ccc(O[C@@H](C)C(=O)N2CCN(S(=O)(=O)Cc3ccccc3)CC2)cc1. The van der Waals surface area contributed by atoms with Crippen LogP contribution in [0.2, 0.25) is 0 Å². The molecule has 1 aliphatic rings. The van der Waals surface area contributed by atoms with Gasteiger partial charge in [-0.15, -0.1) is 0 Å². The summed E-state index contributed by atoms with van der Waals surface area (Å²) < 4.78 is 32.5. The Kier molecular flexibility index (Phi) is 6.36. The zero-order valence-electron chi connectivity index (χ0n) is 16.2. The maximum absolute atomic E-state index is 12.6. The van der Waals surface area contributed by atoms with Gasteiger partial charge in [0.05, 0.1) is 5.75 Å². The molecule has 1 atom stereocenters. The number of nitrogens with zero attached hydrogens (tertiary/aromatic N) is 2. The van der Waals surface area contributed by atoms with E-state index in [4.69, 9.17) is 4.74 Å². The van der Waals surface area contributed by atoms with E-state index in [1.54, 1.807) is 24.0 Å². The number of piperazine rings is 1. The van der Waals surface area contributed by atoms with Gasteiger partial charge in [0, 0.05) is 26.2 Å². The van der Waals surface area contributed by atoms with E-state index < -0.39 is 16.1 Å². The second-order valence-electron chi connectivity index (χ2n) is 7.04. The lowest BCUT2D eigenvalue weighted by molar-refractivity contribution is -0.139. The monoisotopic (exact) mass is 402 g/mol. The second kappa shape index (κ2) is 8.75. The van der Waals surface area contributed by atoms with Gasteiger partial charge in [-0.2, -0.15) is 4.31 Å². The number of ether oxygens (including phenoxy) is 1. The first-order valence-electron chi connectivity index (χ1n) is 9.39. The number of sulfonamides is 1. The summed E-state index contributed by atoms with van der Waals surface area (Å²) in [5, 5.41) is 0. The third kappa shape index (κ3) is 5.11. The summed E-state index contributed by atoms with van der Waals surface area (Å²) in [6.07, 6.45) is -0.616. The molecule has 3 rings (SSSR count). The fourth-order valence-corrected chi connectivity index (χ4v) is 4.71. The van der Waals surface area contributed by atoms with Gasteiger partial charge in [-0.05, 0) is 31.5 Å². The van der Waals surface area contributed by atoms with Gasteiger partial charge < -0.3 is 9.64 Å². The Morgan fingerprint density at radius 2 is 1.61 bits per heavy atom. The van der Waals surface area contributed by atoms with Gasteiger partial charge in [-0.1, -0.05) is 48.0 Å². The maximum Gasteiger partial charge on any atom is 0.263 e. The van der Waals surface area contributed by atoms with E-state index in [-0.39, 0.29) is 11.7 Å². The Hall–Kier alpha value is -2.38. The molecule has 1 aliphatic heterocycles. The van der Waals surface area contributed by atoms with E-state index in [9.17, 15) is 13.2 Å². The summed E-state index contributed by atoms with van der Waals surface area (Å²) >= 11 is 0. The largest absolute Gasteiger partial charge is 0.481 e. The number of aryl methyl sites for hydroxylation is 1. The van der Waals surface area contributed by atoms with Crippen molar-refractivity contribution in [3.63, 3.8) is 0 Å². The summed E-state index contributed by atoms with van der Waals surface area (Å²) in [4.78, 5) is 14.3. The molecule has 2 aromatic carbocycles. The van der Waals surface area contributed by atoms with Crippen molar-refractivity contribution in [2.24, 2.45) is 0 Å². The summed E-state index contributed by atoms with van der Waals surface area (Å²) in [7, 11) is -3.39. The van der Waals surface area contributed by atoms with E-state index in [0.717, 1.165) is 11.1 Å². The average Bonchev–Trinajstić information content (AvgIpc) is 2.69. The minimum Gasteiger partial charge on any atom is -0.481 e. The molecular weight excluding hydrogens is 376 g/mol. The highest BCUT2D eigenvalue weighted by Gasteiger charge is 2.31. The van der Waals surface area contributed by atoms with Gasteiger partial charge in [0.1, 0.15) is 5.75 Å². The molecule has 0 spiro atoms. The van der Waals surface area contributed by atoms with E-state index in [1.807, 2.05) is 49.4 Å². The quantitative estimate of drug-likeness (QED) is 0.744. The predicted molar refractivity (Wildman–Crippen MR) is 108 cm³/mol. The summed E-state index contributed by atoms with van der Waals surface area (Å²) in [6.45, 7) is 5.06. The first-order chi connectivity index (χ1) is 13.3. The molecule has 0 N–H and O–H groups in total. The molecule has 0 aliphatic carbocycles. The highest BCUT2D eigenvalue weighted by molar-refractivity contribution is 7.88. The number of hydrogen-bond donors (Lipinski definition) is 0. The molecule has 6 nitrogen and oxygen atoms in total. The molecule has 150 valence electrons. The first-order valence-corrected chi connectivity index (χ1v) is 11.0. The van der Waals surface area contributed by atoms with Crippen LogP contribution in [0.3, 0.4) is 0 Å². The fraction of sp³-hybridized carbons (Fsp3) is 0.381. The number of amides is 1. The van der Waals surface area contributed by atoms with Crippen molar-refractivity contribution in [3.8, 4) is 5.75 Å². The molecule has 0 unspecified atom stereocenters. The van der Waals surface area contributed by atoms with E-state index in [2.05, 4.69) is 0 Å². The number of benzene rings is 2. The molecule has 1 amide bonds. The fourth-order valence-electron chi connectivity index (χ4n) is 3.19. The van der Waals surface area contributed by atoms with Crippen molar-refractivity contribution < 1.29 is 17.9 Å². The van der Waals surface area contributed by atoms with Crippen LogP contribution in [0.25, 0.3) is 0 Å². The molecule has 0 saturated carbocycles. The molecule has 0 aromatic heterocycles. The number of carbonyl (C=O) groups is 1. The third-order valence-corrected chi connectivity index (χ3v) is 6.67. The molecular formula is C21H26N2O4S. The smallest absolute Gasteiger partial charge is 0.263 e. The van der Waals surface area contributed by atoms with Crippen molar-refractivity contribution >= 4 is 15.9 Å². The van der Waals surface area contributed by atoms with Crippen LogP contribution < -0.4 is 4.74 Å². The van der Waals surface area contributed by atoms with Crippen molar-refractivity contribution in [1.29, 1.82) is 0 Å². The second-order valence-corrected chi connectivity index (χ2v) is 9.01. The van der Waals surface area contributed by atoms with Crippen LogP contribution in [-0.4, -0.2) is 55.8 Å². The van der Waals surface area contributed by atoms with Gasteiger partial charge >= 0.3 is 0 Å². The minimum absolute atomic E-state index is 0.0191. The number of hydrogen-bond acceptors (Lipinski definition) is 4. The van der Waals surface area contributed by atoms with Gasteiger partial charge in [-0.25, -0.2) is 8.42 Å². The molecule has 2 aromatic rings. The van der Waals surface area contributed by atoms with E-state index in [1.165, 1.54) is 4.31 Å². The average molecular weight is 403 g/mol. The standard InChI is InChI=1S/C21H26N2O4S/c1-17-8-10-20(11-9-17)27-18(2)21(24)22-12-14-23(15-13-22)28(25,26)16-19-6-4-3-5-7-19/h3-11,18H,12-16H2,1-2H3/t18-/m0/s1. The Morgan fingerprint density at radius 1 is 1.00 bits per heavy atom. The van der Waals surface area contributed by atoms with Crippen LogP contribution in [0.1, 0.15) is 18.1 Å². The Labute approximate surface area is 166 Å². The van der Waals surface area contributed by atoms with Crippen LogP contribution in [0.5, 0.6) is 5.75 Å². The summed E-state index contributed by atoms with van der Waals surface area (Å²) in [6, 6.07) is 16.7. The zero-order valence-corrected chi connectivity index (χ0v) is 17.1. The first kappa shape index (κ1) is 20.4. The predicted octanol–water partition coefficient (Wildman–Crippen LogP) is 2.44. The molecule has 1 heterocycles. The van der Waals surface area contributed by atoms with Crippen molar-refractivity contribution in [2.45, 2.75) is 25.7 Å². The summed E-state index contributed by atoms with van der Waals surface area (Å²) in [5.74, 6) is 0.505. The van der Waals surface area contributed by atoms with Crippen LogP contribution in [0.15, 0.2) is 54.6 Å². The lowest BCUT2D eigenvalue weighted by Crippen LogP contribution is -2.53. The molecule has 28 heavy (non-hydrogen) atoms. The summed E-state index contributed by atoms with van der Waals surface area (Å²) in [5.41, 5.74) is 1.89. The Morgan fingerprint density at radius 3 is 2.21 bits per heavy atom. The van der Waals surface area contributed by atoms with Gasteiger partial charge in [0.15, 0.2) is 6.10 Å². The van der Waals surface area contributed by atoms with E-state index >= 15 is 0 Å². The van der Waals surface area contributed by atoms with Crippen molar-refractivity contribution in [2.75, 3.05) is 26.2 Å². The topological polar surface area (TPSA) is 66.9 Å².